The zero-order valence-corrected chi connectivity index (χ0v) is 12.2. The van der Waals surface area contributed by atoms with Gasteiger partial charge in [-0.15, -0.1) is 0 Å². The van der Waals surface area contributed by atoms with Crippen LogP contribution in [-0.2, 0) is 14.3 Å². The van der Waals surface area contributed by atoms with E-state index in [0.29, 0.717) is 12.5 Å². The number of amides is 1. The highest BCUT2D eigenvalue weighted by Gasteiger charge is 2.16. The second kappa shape index (κ2) is 7.74. The van der Waals surface area contributed by atoms with Gasteiger partial charge < -0.3 is 10.1 Å². The number of rotatable bonds is 6. The fourth-order valence-electron chi connectivity index (χ4n) is 1.25. The van der Waals surface area contributed by atoms with E-state index >= 15 is 0 Å². The smallest absolute Gasteiger partial charge is 0.331 e. The molecule has 1 N–H and O–H groups in total. The van der Waals surface area contributed by atoms with Gasteiger partial charge in [-0.25, -0.2) is 4.79 Å². The van der Waals surface area contributed by atoms with Crippen LogP contribution in [0.1, 0.15) is 26.3 Å². The molecule has 0 spiro atoms. The van der Waals surface area contributed by atoms with E-state index < -0.39 is 12.1 Å². The topological polar surface area (TPSA) is 55.4 Å². The molecule has 0 radical (unpaired) electrons. The third-order valence-corrected chi connectivity index (χ3v) is 3.00. The Morgan fingerprint density at radius 2 is 2.16 bits per heavy atom. The van der Waals surface area contributed by atoms with E-state index in [9.17, 15) is 9.59 Å². The van der Waals surface area contributed by atoms with E-state index in [2.05, 4.69) is 5.32 Å². The zero-order chi connectivity index (χ0) is 14.3. The molecule has 1 heterocycles. The van der Waals surface area contributed by atoms with Crippen LogP contribution in [-0.4, -0.2) is 24.5 Å². The molecule has 0 saturated heterocycles. The highest BCUT2D eigenvalue weighted by Crippen LogP contribution is 2.07. The number of carbonyl (C=O) groups is 2. The third-order valence-electron chi connectivity index (χ3n) is 2.30. The number of hydrogen-bond acceptors (Lipinski definition) is 4. The van der Waals surface area contributed by atoms with E-state index in [4.69, 9.17) is 4.74 Å². The number of carbonyl (C=O) groups excluding carboxylic acids is 2. The van der Waals surface area contributed by atoms with E-state index in [1.54, 1.807) is 24.3 Å². The highest BCUT2D eigenvalue weighted by molar-refractivity contribution is 7.08. The van der Waals surface area contributed by atoms with Crippen molar-refractivity contribution >= 4 is 29.3 Å². The predicted octanol–water partition coefficient (Wildman–Crippen LogP) is 2.47. The molecule has 0 fully saturated rings. The molecule has 4 nitrogen and oxygen atoms in total. The second-order valence-electron chi connectivity index (χ2n) is 4.61. The van der Waals surface area contributed by atoms with Gasteiger partial charge in [-0.05, 0) is 41.3 Å². The molecule has 1 aromatic heterocycles. The van der Waals surface area contributed by atoms with Gasteiger partial charge >= 0.3 is 5.97 Å². The molecular formula is C14H19NO3S. The van der Waals surface area contributed by atoms with Gasteiger partial charge in [-0.3, -0.25) is 4.79 Å². The molecule has 0 aliphatic rings. The summed E-state index contributed by atoms with van der Waals surface area (Å²) >= 11 is 1.55. The Morgan fingerprint density at radius 3 is 2.74 bits per heavy atom. The quantitative estimate of drug-likeness (QED) is 0.644. The molecule has 1 atom stereocenters. The first-order valence-corrected chi connectivity index (χ1v) is 7.12. The van der Waals surface area contributed by atoms with Crippen LogP contribution < -0.4 is 5.32 Å². The van der Waals surface area contributed by atoms with Crippen molar-refractivity contribution in [1.29, 1.82) is 0 Å². The van der Waals surface area contributed by atoms with Crippen molar-refractivity contribution in [1.82, 2.24) is 5.32 Å². The van der Waals surface area contributed by atoms with Crippen LogP contribution in [0.2, 0.25) is 0 Å². The van der Waals surface area contributed by atoms with Crippen LogP contribution in [0.5, 0.6) is 0 Å². The summed E-state index contributed by atoms with van der Waals surface area (Å²) in [5, 5.41) is 6.56. The minimum atomic E-state index is -0.779. The van der Waals surface area contributed by atoms with E-state index in [1.165, 1.54) is 6.08 Å². The van der Waals surface area contributed by atoms with E-state index in [-0.39, 0.29) is 5.91 Å². The van der Waals surface area contributed by atoms with Crippen molar-refractivity contribution in [3.05, 3.63) is 28.5 Å². The van der Waals surface area contributed by atoms with Crippen molar-refractivity contribution in [2.45, 2.75) is 26.9 Å². The Bertz CT molecular complexity index is 438. The summed E-state index contributed by atoms with van der Waals surface area (Å²) in [6, 6.07) is 1.90. The Labute approximate surface area is 117 Å². The van der Waals surface area contributed by atoms with Gasteiger partial charge in [0, 0.05) is 12.6 Å². The highest BCUT2D eigenvalue weighted by atomic mass is 32.1. The van der Waals surface area contributed by atoms with Gasteiger partial charge in [0.2, 0.25) is 0 Å². The lowest BCUT2D eigenvalue weighted by Gasteiger charge is -2.13. The van der Waals surface area contributed by atoms with Crippen molar-refractivity contribution in [3.8, 4) is 0 Å². The molecule has 1 amide bonds. The van der Waals surface area contributed by atoms with Gasteiger partial charge in [-0.1, -0.05) is 13.8 Å². The van der Waals surface area contributed by atoms with Crippen molar-refractivity contribution in [2.24, 2.45) is 5.92 Å². The Kier molecular flexibility index (Phi) is 6.29. The zero-order valence-electron chi connectivity index (χ0n) is 11.4. The summed E-state index contributed by atoms with van der Waals surface area (Å²) in [4.78, 5) is 23.1. The van der Waals surface area contributed by atoms with Crippen LogP contribution in [0.15, 0.2) is 22.9 Å². The molecule has 0 saturated carbocycles. The molecule has 5 heteroatoms. The van der Waals surface area contributed by atoms with Gasteiger partial charge in [0.25, 0.3) is 5.91 Å². The summed E-state index contributed by atoms with van der Waals surface area (Å²) in [6.07, 6.45) is 2.21. The third kappa shape index (κ3) is 6.20. The van der Waals surface area contributed by atoms with Crippen LogP contribution in [0.3, 0.4) is 0 Å². The molecule has 0 unspecified atom stereocenters. The average molecular weight is 281 g/mol. The summed E-state index contributed by atoms with van der Waals surface area (Å²) in [6.45, 7) is 6.14. The summed E-state index contributed by atoms with van der Waals surface area (Å²) in [5.74, 6) is -0.422. The van der Waals surface area contributed by atoms with Crippen molar-refractivity contribution in [2.75, 3.05) is 6.54 Å². The molecule has 0 bridgehead atoms. The molecule has 1 aromatic rings. The summed E-state index contributed by atoms with van der Waals surface area (Å²) in [7, 11) is 0. The fraction of sp³-hybridized carbons (Fsp3) is 0.429. The van der Waals surface area contributed by atoms with Gasteiger partial charge in [-0.2, -0.15) is 11.3 Å². The Morgan fingerprint density at radius 1 is 1.42 bits per heavy atom. The lowest BCUT2D eigenvalue weighted by molar-refractivity contribution is -0.150. The minimum Gasteiger partial charge on any atom is -0.449 e. The van der Waals surface area contributed by atoms with Crippen LogP contribution >= 0.6 is 11.3 Å². The molecule has 0 aromatic carbocycles. The van der Waals surface area contributed by atoms with E-state index in [1.807, 2.05) is 30.7 Å². The van der Waals surface area contributed by atoms with Crippen LogP contribution in [0, 0.1) is 5.92 Å². The van der Waals surface area contributed by atoms with Crippen LogP contribution in [0.25, 0.3) is 6.08 Å². The lowest BCUT2D eigenvalue weighted by atomic mass is 10.2. The maximum absolute atomic E-state index is 11.6. The van der Waals surface area contributed by atoms with Gasteiger partial charge in [0.15, 0.2) is 6.10 Å². The molecular weight excluding hydrogens is 262 g/mol. The largest absolute Gasteiger partial charge is 0.449 e. The minimum absolute atomic E-state index is 0.272. The number of thiophene rings is 1. The predicted molar refractivity (Wildman–Crippen MR) is 76.8 cm³/mol. The number of hydrogen-bond donors (Lipinski definition) is 1. The molecule has 0 aliphatic heterocycles. The Hall–Kier alpha value is -1.62. The molecule has 104 valence electrons. The molecule has 0 aliphatic carbocycles. The number of esters is 1. The summed E-state index contributed by atoms with van der Waals surface area (Å²) in [5.41, 5.74) is 0.943. The molecule has 1 rings (SSSR count). The Balaban J connectivity index is 2.37. The maximum Gasteiger partial charge on any atom is 0.331 e. The lowest BCUT2D eigenvalue weighted by Crippen LogP contribution is -2.37. The normalized spacial score (nSPS) is 12.6. The number of nitrogens with one attached hydrogen (secondary N) is 1. The summed E-state index contributed by atoms with van der Waals surface area (Å²) < 4.78 is 5.01. The maximum atomic E-state index is 11.6. The standard InChI is InChI=1S/C14H19NO3S/c1-10(2)8-15-14(17)11(3)18-13(16)5-4-12-6-7-19-9-12/h4-7,9-11H,8H2,1-3H3,(H,15,17)/b5-4+/t11-/m1/s1. The molecule has 19 heavy (non-hydrogen) atoms. The number of ether oxygens (including phenoxy) is 1. The second-order valence-corrected chi connectivity index (χ2v) is 5.39. The fourth-order valence-corrected chi connectivity index (χ4v) is 1.88. The van der Waals surface area contributed by atoms with Gasteiger partial charge in [0.1, 0.15) is 0 Å². The first kappa shape index (κ1) is 15.4. The first-order valence-electron chi connectivity index (χ1n) is 6.17. The monoisotopic (exact) mass is 281 g/mol. The first-order chi connectivity index (χ1) is 8.99. The van der Waals surface area contributed by atoms with Gasteiger partial charge in [0.05, 0.1) is 0 Å². The van der Waals surface area contributed by atoms with E-state index in [0.717, 1.165) is 5.56 Å². The van der Waals surface area contributed by atoms with Crippen molar-refractivity contribution in [3.63, 3.8) is 0 Å². The van der Waals surface area contributed by atoms with Crippen LogP contribution in [0.4, 0.5) is 0 Å². The van der Waals surface area contributed by atoms with Crippen molar-refractivity contribution < 1.29 is 14.3 Å². The average Bonchev–Trinajstić information content (AvgIpc) is 2.86. The SMILES string of the molecule is CC(C)CNC(=O)[C@@H](C)OC(=O)/C=C/c1ccsc1.